The Balaban J connectivity index is 1.34. The molecule has 7 rings (SSSR count). The second-order valence-electron chi connectivity index (χ2n) is 11.5. The van der Waals surface area contributed by atoms with Gasteiger partial charge in [-0.25, -0.2) is 0 Å². The maximum atomic E-state index is 2.55. The van der Waals surface area contributed by atoms with Gasteiger partial charge in [0.1, 0.15) is 0 Å². The standard InChI is InChI=1S/C37H35N2/c1-37(2)35(23-18-27-16-20-31(21-17-27)38-24-7-8-25-38)39(26-30-13-9-12-28-10-3-5-14-32(28)30)34-22-19-29-11-4-6-15-33(29)36(34)37/h3-6,9-23H,7-8,24-26H2,1-2H3/q+1. The van der Waals surface area contributed by atoms with Crippen molar-refractivity contribution in [2.45, 2.75) is 38.6 Å². The van der Waals surface area contributed by atoms with Gasteiger partial charge in [-0.1, -0.05) is 78.9 Å². The molecule has 0 atom stereocenters. The molecule has 2 heterocycles. The van der Waals surface area contributed by atoms with Crippen molar-refractivity contribution >= 4 is 44.7 Å². The van der Waals surface area contributed by atoms with Crippen LogP contribution in [0, 0.1) is 0 Å². The molecule has 2 aliphatic rings. The van der Waals surface area contributed by atoms with Crippen molar-refractivity contribution in [1.29, 1.82) is 0 Å². The lowest BCUT2D eigenvalue weighted by molar-refractivity contribution is -0.454. The quantitative estimate of drug-likeness (QED) is 0.215. The molecule has 0 radical (unpaired) electrons. The minimum Gasteiger partial charge on any atom is -0.372 e. The molecule has 2 aliphatic heterocycles. The third-order valence-corrected chi connectivity index (χ3v) is 8.76. The normalized spacial score (nSPS) is 16.6. The second-order valence-corrected chi connectivity index (χ2v) is 11.5. The van der Waals surface area contributed by atoms with E-state index in [0.717, 1.165) is 6.54 Å². The van der Waals surface area contributed by atoms with E-state index in [1.54, 1.807) is 0 Å². The summed E-state index contributed by atoms with van der Waals surface area (Å²) in [5.74, 6) is 0. The maximum absolute atomic E-state index is 2.55. The molecule has 0 N–H and O–H groups in total. The fourth-order valence-electron chi connectivity index (χ4n) is 6.75. The molecule has 0 aliphatic carbocycles. The first kappa shape index (κ1) is 23.9. The van der Waals surface area contributed by atoms with Crippen molar-refractivity contribution in [3.63, 3.8) is 0 Å². The molecule has 192 valence electrons. The van der Waals surface area contributed by atoms with Crippen LogP contribution in [0.3, 0.4) is 0 Å². The molecule has 0 bridgehead atoms. The first-order valence-electron chi connectivity index (χ1n) is 14.3. The van der Waals surface area contributed by atoms with Crippen LogP contribution in [0.4, 0.5) is 11.4 Å². The highest BCUT2D eigenvalue weighted by Crippen LogP contribution is 2.45. The summed E-state index contributed by atoms with van der Waals surface area (Å²) in [6, 6.07) is 38.0. The van der Waals surface area contributed by atoms with Crippen molar-refractivity contribution < 1.29 is 4.58 Å². The third-order valence-electron chi connectivity index (χ3n) is 8.76. The molecule has 39 heavy (non-hydrogen) atoms. The number of nitrogens with zero attached hydrogens (tertiary/aromatic N) is 2. The van der Waals surface area contributed by atoms with E-state index >= 15 is 0 Å². The van der Waals surface area contributed by atoms with Crippen molar-refractivity contribution in [3.05, 3.63) is 126 Å². The van der Waals surface area contributed by atoms with Gasteiger partial charge in [0.25, 0.3) is 0 Å². The Bertz CT molecular complexity index is 1740. The fraction of sp³-hybridized carbons (Fsp3) is 0.216. The maximum Gasteiger partial charge on any atom is 0.210 e. The van der Waals surface area contributed by atoms with Crippen LogP contribution in [0.5, 0.6) is 0 Å². The van der Waals surface area contributed by atoms with Crippen LogP contribution in [0.2, 0.25) is 0 Å². The predicted molar refractivity (Wildman–Crippen MR) is 166 cm³/mol. The van der Waals surface area contributed by atoms with Gasteiger partial charge in [0.15, 0.2) is 12.3 Å². The van der Waals surface area contributed by atoms with Crippen molar-refractivity contribution in [2.75, 3.05) is 18.0 Å². The summed E-state index contributed by atoms with van der Waals surface area (Å²) in [7, 11) is 0. The first-order chi connectivity index (χ1) is 19.1. The van der Waals surface area contributed by atoms with Gasteiger partial charge in [-0.2, -0.15) is 4.58 Å². The van der Waals surface area contributed by atoms with Crippen LogP contribution in [-0.2, 0) is 12.0 Å². The first-order valence-corrected chi connectivity index (χ1v) is 14.3. The molecule has 5 aromatic rings. The molecule has 0 aromatic heterocycles. The van der Waals surface area contributed by atoms with E-state index in [1.165, 1.54) is 81.3 Å². The molecule has 0 unspecified atom stereocenters. The van der Waals surface area contributed by atoms with E-state index in [2.05, 4.69) is 139 Å². The largest absolute Gasteiger partial charge is 0.372 e. The smallest absolute Gasteiger partial charge is 0.210 e. The van der Waals surface area contributed by atoms with Crippen LogP contribution in [0.25, 0.3) is 27.6 Å². The van der Waals surface area contributed by atoms with E-state index < -0.39 is 0 Å². The number of allylic oxidation sites excluding steroid dienone is 1. The molecule has 2 heteroatoms. The summed E-state index contributed by atoms with van der Waals surface area (Å²) < 4.78 is 2.55. The van der Waals surface area contributed by atoms with Gasteiger partial charge in [0.05, 0.1) is 5.41 Å². The number of rotatable bonds is 5. The predicted octanol–water partition coefficient (Wildman–Crippen LogP) is 8.88. The molecular weight excluding hydrogens is 472 g/mol. The van der Waals surface area contributed by atoms with Gasteiger partial charge in [-0.05, 0) is 78.1 Å². The van der Waals surface area contributed by atoms with Crippen LogP contribution in [0.15, 0.2) is 109 Å². The topological polar surface area (TPSA) is 6.25 Å². The zero-order chi connectivity index (χ0) is 26.4. The van der Waals surface area contributed by atoms with Gasteiger partial charge in [0, 0.05) is 42.0 Å². The van der Waals surface area contributed by atoms with Gasteiger partial charge in [-0.15, -0.1) is 0 Å². The van der Waals surface area contributed by atoms with Crippen LogP contribution >= 0.6 is 0 Å². The Morgan fingerprint density at radius 2 is 1.36 bits per heavy atom. The van der Waals surface area contributed by atoms with E-state index in [1.807, 2.05) is 0 Å². The van der Waals surface area contributed by atoms with Crippen molar-refractivity contribution in [2.24, 2.45) is 0 Å². The fourth-order valence-corrected chi connectivity index (χ4v) is 6.75. The van der Waals surface area contributed by atoms with Crippen molar-refractivity contribution in [3.8, 4) is 0 Å². The van der Waals surface area contributed by atoms with Gasteiger partial charge >= 0.3 is 0 Å². The number of anilines is 1. The number of benzene rings is 5. The number of hydrogen-bond acceptors (Lipinski definition) is 1. The van der Waals surface area contributed by atoms with E-state index in [0.29, 0.717) is 0 Å². The lowest BCUT2D eigenvalue weighted by Crippen LogP contribution is -2.27. The Morgan fingerprint density at radius 1 is 0.692 bits per heavy atom. The van der Waals surface area contributed by atoms with E-state index in [9.17, 15) is 0 Å². The average molecular weight is 508 g/mol. The van der Waals surface area contributed by atoms with E-state index in [-0.39, 0.29) is 5.41 Å². The monoisotopic (exact) mass is 507 g/mol. The Hall–Kier alpha value is -4.17. The summed E-state index contributed by atoms with van der Waals surface area (Å²) in [6.07, 6.45) is 7.27. The highest BCUT2D eigenvalue weighted by molar-refractivity contribution is 6.09. The third kappa shape index (κ3) is 4.15. The summed E-state index contributed by atoms with van der Waals surface area (Å²) in [6.45, 7) is 7.96. The molecule has 0 saturated carbocycles. The lowest BCUT2D eigenvalue weighted by Gasteiger charge is -2.18. The molecule has 1 fully saturated rings. The molecule has 0 spiro atoms. The highest BCUT2D eigenvalue weighted by atomic mass is 15.1. The van der Waals surface area contributed by atoms with Crippen LogP contribution < -0.4 is 4.90 Å². The molecular formula is C37H35N2+. The molecule has 2 nitrogen and oxygen atoms in total. The van der Waals surface area contributed by atoms with Gasteiger partial charge in [-0.3, -0.25) is 0 Å². The summed E-state index contributed by atoms with van der Waals surface area (Å²) in [4.78, 5) is 2.50. The Labute approximate surface area is 231 Å². The van der Waals surface area contributed by atoms with Crippen LogP contribution in [0.1, 0.15) is 43.4 Å². The number of fused-ring (bicyclic) bond motifs is 4. The Kier molecular flexibility index (Phi) is 5.85. The summed E-state index contributed by atoms with van der Waals surface area (Å²) >= 11 is 0. The SMILES string of the molecule is CC1(C)C(C=Cc2ccc(N3CCCC3)cc2)=[N+](Cc2cccc3ccccc23)c2ccc3ccccc3c21. The van der Waals surface area contributed by atoms with Crippen molar-refractivity contribution in [1.82, 2.24) is 0 Å². The minimum absolute atomic E-state index is 0.132. The zero-order valence-electron chi connectivity index (χ0n) is 22.9. The number of hydrogen-bond donors (Lipinski definition) is 0. The second kappa shape index (κ2) is 9.54. The minimum atomic E-state index is -0.132. The van der Waals surface area contributed by atoms with Crippen LogP contribution in [-0.4, -0.2) is 23.4 Å². The van der Waals surface area contributed by atoms with Gasteiger partial charge < -0.3 is 4.90 Å². The summed E-state index contributed by atoms with van der Waals surface area (Å²) in [5, 5.41) is 5.27. The lowest BCUT2D eigenvalue weighted by atomic mass is 9.79. The van der Waals surface area contributed by atoms with E-state index in [4.69, 9.17) is 0 Å². The highest BCUT2D eigenvalue weighted by Gasteiger charge is 2.45. The summed E-state index contributed by atoms with van der Waals surface area (Å²) in [5.41, 5.74) is 7.88. The molecule has 1 saturated heterocycles. The van der Waals surface area contributed by atoms with Gasteiger partial charge in [0.2, 0.25) is 5.69 Å². The Morgan fingerprint density at radius 3 is 2.13 bits per heavy atom. The average Bonchev–Trinajstić information content (AvgIpc) is 3.58. The molecule has 0 amide bonds. The molecule has 5 aromatic carbocycles. The zero-order valence-corrected chi connectivity index (χ0v) is 22.9.